The van der Waals surface area contributed by atoms with Gasteiger partial charge in [0, 0.05) is 80.3 Å². The molecule has 0 saturated heterocycles. The Morgan fingerprint density at radius 2 is 0.436 bits per heavy atom. The van der Waals surface area contributed by atoms with E-state index in [0.29, 0.717) is 40.2 Å². The fraction of sp³-hybridized carbons (Fsp3) is 0.233. The third kappa shape index (κ3) is 69.0. The van der Waals surface area contributed by atoms with Crippen LogP contribution in [0, 0.1) is 55.4 Å². The van der Waals surface area contributed by atoms with E-state index >= 15 is 0 Å². The predicted molar refractivity (Wildman–Crippen MR) is 544 cm³/mol. The number of hydrogen-bond donors (Lipinski definition) is 3. The number of alkyl halides is 9. The summed E-state index contributed by atoms with van der Waals surface area (Å²) in [7, 11) is -26.6. The van der Waals surface area contributed by atoms with Crippen LogP contribution >= 0.6 is 86.8 Å². The summed E-state index contributed by atoms with van der Waals surface area (Å²) in [4.78, 5) is -0.129. The second-order valence-corrected chi connectivity index (χ2v) is 56.3. The van der Waals surface area contributed by atoms with Crippen molar-refractivity contribution in [3.05, 3.63) is 311 Å². The van der Waals surface area contributed by atoms with Crippen LogP contribution in [0.4, 0.5) is 39.5 Å². The van der Waals surface area contributed by atoms with Gasteiger partial charge in [0.25, 0.3) is 0 Å². The maximum absolute atomic E-state index is 11.8. The monoisotopic (exact) mass is 2460 g/mol. The van der Waals surface area contributed by atoms with E-state index in [1.807, 2.05) is 208 Å². The molecule has 0 amide bonds. The number of nitrogens with zero attached hydrogens (tertiary/aromatic N) is 6. The fourth-order valence-corrected chi connectivity index (χ4v) is 21.1. The molecular weight excluding hydrogens is 2360 g/mol. The minimum Gasteiger partial charge on any atom is -0.872 e. The van der Waals surface area contributed by atoms with E-state index in [1.165, 1.54) is 73.3 Å². The minimum atomic E-state index is -5.08. The van der Waals surface area contributed by atoms with Crippen molar-refractivity contribution in [3.63, 3.8) is 0 Å². The van der Waals surface area contributed by atoms with Crippen LogP contribution in [0.2, 0.25) is 0 Å². The van der Waals surface area contributed by atoms with Crippen molar-refractivity contribution in [1.29, 1.82) is 0 Å². The molecule has 0 aliphatic carbocycles. The van der Waals surface area contributed by atoms with E-state index in [1.54, 1.807) is 89.7 Å². The third-order valence-electron chi connectivity index (χ3n) is 16.0. The van der Waals surface area contributed by atoms with Crippen LogP contribution in [-0.4, -0.2) is 96.6 Å². The maximum atomic E-state index is 11.8. The largest absolute Gasteiger partial charge is 1.00 e. The van der Waals surface area contributed by atoms with Crippen LogP contribution in [0.5, 0.6) is 63.2 Å². The molecular formula is C86H102Cl4F9N9Na6O23P6S6. The summed E-state index contributed by atoms with van der Waals surface area (Å²) < 4.78 is 292. The molecule has 0 fully saturated rings. The van der Waals surface area contributed by atoms with Gasteiger partial charge in [0.15, 0.2) is 0 Å². The first-order valence-electron chi connectivity index (χ1n) is 39.2. The Kier molecular flexibility index (Phi) is 77.1. The molecule has 63 heteroatoms. The number of benzene rings is 11. The van der Waals surface area contributed by atoms with Crippen LogP contribution in [0.25, 0.3) is 0 Å². The molecule has 0 spiro atoms. The Morgan fingerprint density at radius 3 is 0.604 bits per heavy atom. The van der Waals surface area contributed by atoms with Crippen molar-refractivity contribution in [2.45, 2.75) is 94.0 Å². The standard InChI is InChI=1S/C29H33N3O6P2S.C22H26ClN3O5P2S.C9H13ClNOP.2C7H8O.C6H7NO3S.C2H6Cl2NP.3CF3O2S.CH4.6Na/c1-22-6-12-25(13-7-22)35-39(5,36-26-18-20-29(21-19-26)41(30,33)34)32-40(31-4,37-27-14-8-23(2)9-15-27)38-28-16-10-24(3)11-17-28;1-17-5-9-19(10-6-17)29-32(4,30-20-13-15-22(16-14-20)34(24,27)28)26-33(23,25-3)31-21-11-7-18(2)8-12-21;1-8-4-6-9(7-5-8)12-13(3,10)11-2;2*1-6-2-4-7(8)5-3-6;7-11(9,10)6-3-1-5(8)2-4-6;1-5-6(2,3)4;3*2-1(3,4)7(5)6;;;;;;;/h6-21H,1-5H3,(H2,30,33,34);5-16H,1-4H3,(H2,24,27,28);4-7H,1-3H3;2*2-5,8H,1H3;1-4,8H,(H2,7,9,10);1-2H3;;;;1H4;;;;;;/q;;;;;;;3*-1;;6*+1/p-3. The molecule has 11 aromatic rings. The first-order valence-corrected chi connectivity index (χ1v) is 62.2. The molecule has 792 valence electrons. The zero-order chi connectivity index (χ0) is 108. The van der Waals surface area contributed by atoms with Crippen LogP contribution in [0.1, 0.15) is 51.9 Å². The fourth-order valence-electron chi connectivity index (χ4n) is 8.90. The summed E-state index contributed by atoms with van der Waals surface area (Å²) in [6.07, 6.45) is 0. The number of rotatable bonds is 21. The first-order chi connectivity index (χ1) is 65.3. The molecule has 0 aliphatic heterocycles. The molecule has 149 heavy (non-hydrogen) atoms. The van der Waals surface area contributed by atoms with Crippen molar-refractivity contribution in [1.82, 2.24) is 0 Å². The first kappa shape index (κ1) is 156. The summed E-state index contributed by atoms with van der Waals surface area (Å²) in [5, 5.41) is 46.6. The molecule has 11 rings (SSSR count). The summed E-state index contributed by atoms with van der Waals surface area (Å²) in [5.41, 5.74) is -6.46. The van der Waals surface area contributed by atoms with Gasteiger partial charge in [0.2, 0.25) is 36.7 Å². The molecule has 4 atom stereocenters. The van der Waals surface area contributed by atoms with Gasteiger partial charge in [0.05, 0.1) is 14.7 Å². The van der Waals surface area contributed by atoms with E-state index in [9.17, 15) is 80.1 Å². The Morgan fingerprint density at radius 1 is 0.275 bits per heavy atom. The molecule has 32 nitrogen and oxygen atoms in total. The van der Waals surface area contributed by atoms with Gasteiger partial charge in [-0.1, -0.05) is 208 Å². The summed E-state index contributed by atoms with van der Waals surface area (Å²) >= 11 is 23.6. The van der Waals surface area contributed by atoms with Gasteiger partial charge < -0.3 is 76.8 Å². The van der Waals surface area contributed by atoms with Gasteiger partial charge in [-0.25, -0.2) is 50.2 Å². The van der Waals surface area contributed by atoms with Crippen LogP contribution in [0.3, 0.4) is 0 Å². The van der Waals surface area contributed by atoms with Crippen LogP contribution in [-0.2, 0) is 87.4 Å². The number of primary sulfonamides is 3. The van der Waals surface area contributed by atoms with Gasteiger partial charge in [-0.05, 0) is 218 Å². The summed E-state index contributed by atoms with van der Waals surface area (Å²) in [6, 6.07) is 74.5. The third-order valence-corrected chi connectivity index (χ3v) is 33.6. The zero-order valence-corrected chi connectivity index (χ0v) is 109. The Labute approximate surface area is 1020 Å². The summed E-state index contributed by atoms with van der Waals surface area (Å²) in [6.45, 7) is 17.5. The molecule has 0 radical (unpaired) electrons. The van der Waals surface area contributed by atoms with E-state index in [4.69, 9.17) is 126 Å². The van der Waals surface area contributed by atoms with Crippen molar-refractivity contribution in [3.8, 4) is 63.2 Å². The van der Waals surface area contributed by atoms with Crippen LogP contribution < -0.4 is 244 Å². The molecule has 0 saturated carbocycles. The van der Waals surface area contributed by atoms with Crippen molar-refractivity contribution in [2.24, 2.45) is 43.4 Å². The molecule has 0 bridgehead atoms. The van der Waals surface area contributed by atoms with E-state index in [0.717, 1.165) is 56.8 Å². The SMILES string of the molecule is C.CN=P(C)(Cl)Cl.CN=P(C)(Cl)Oc1ccc(C)cc1.CN=P(Cl)(N=P(C)(Oc1ccc(C)cc1)Oc1ccc(S(N)(=O)=O)cc1)Oc1ccc(C)cc1.CN=P(N=P(C)(Oc1ccc(C)cc1)Oc1ccc(S(N)(=O)=O)cc1)(Oc1ccc(C)cc1)Oc1ccc(C)cc1.Cc1ccc([O-])cc1.Cc1ccc([O-])cc1.NS(=O)(=O)c1ccc([O-])cc1.O=[S-](=O)C(F)(F)F.O=[S-](=O)C(F)(F)F.O=[S-](=O)C(F)(F)F.[Na+].[Na+].[Na+].[Na+].[Na+].[Na+]. The summed E-state index contributed by atoms with van der Waals surface area (Å²) in [5.74, 6) is 2.13. The molecule has 11 aromatic carbocycles. The van der Waals surface area contributed by atoms with Gasteiger partial charge >= 0.3 is 223 Å². The van der Waals surface area contributed by atoms with Gasteiger partial charge in [0.1, 0.15) is 51.8 Å². The average molecular weight is 2460 g/mol. The van der Waals surface area contributed by atoms with E-state index in [-0.39, 0.29) is 217 Å². The van der Waals surface area contributed by atoms with E-state index in [2.05, 4.69) is 23.5 Å². The number of sulfonamides is 3. The zero-order valence-electron chi connectivity index (χ0n) is 83.8. The smallest absolute Gasteiger partial charge is 0.872 e. The van der Waals surface area contributed by atoms with Crippen molar-refractivity contribution in [2.75, 3.05) is 54.8 Å². The Bertz CT molecular complexity index is 6660. The second kappa shape index (κ2) is 73.5. The minimum absolute atomic E-state index is 0. The number of halogens is 13. The predicted octanol–water partition coefficient (Wildman–Crippen LogP) is 8.39. The van der Waals surface area contributed by atoms with Crippen molar-refractivity contribution < 1.29 is 319 Å². The van der Waals surface area contributed by atoms with Gasteiger partial charge in [-0.3, -0.25) is 9.49 Å². The molecule has 0 heterocycles. The quantitative estimate of drug-likeness (QED) is 0.0263. The maximum Gasteiger partial charge on any atom is 1.00 e. The Balaban J connectivity index is -0.000000419. The number of hydrogen-bond acceptors (Lipinski definition) is 30. The molecule has 4 unspecified atom stereocenters. The van der Waals surface area contributed by atoms with Gasteiger partial charge in [-0.15, -0.1) is 26.3 Å². The number of aryl methyl sites for hydroxylation is 8. The Hall–Kier alpha value is -3.29. The molecule has 0 aromatic heterocycles. The van der Waals surface area contributed by atoms with Gasteiger partial charge in [-0.2, -0.15) is 39.5 Å². The van der Waals surface area contributed by atoms with Crippen LogP contribution in [0.15, 0.2) is 310 Å². The van der Waals surface area contributed by atoms with Crippen molar-refractivity contribution >= 4 is 149 Å². The van der Waals surface area contributed by atoms with E-state index < -0.39 is 121 Å². The number of nitrogens with two attached hydrogens (primary N) is 3. The normalized spacial score (nSPS) is 12.3. The topological polar surface area (TPSA) is 500 Å². The molecule has 6 N–H and O–H groups in total. The average Bonchev–Trinajstić information content (AvgIpc) is 0.785. The molecule has 0 aliphatic rings. The second-order valence-electron chi connectivity index (χ2n) is 28.4.